The van der Waals surface area contributed by atoms with Gasteiger partial charge >= 0.3 is 0 Å². The Balaban J connectivity index is 1.83. The Morgan fingerprint density at radius 3 is 2.94 bits per heavy atom. The minimum atomic E-state index is 0.506. The van der Waals surface area contributed by atoms with Gasteiger partial charge in [-0.25, -0.2) is 0 Å². The van der Waals surface area contributed by atoms with Crippen molar-refractivity contribution in [3.8, 4) is 0 Å². The van der Waals surface area contributed by atoms with Crippen LogP contribution in [0.1, 0.15) is 36.2 Å². The Kier molecular flexibility index (Phi) is 5.36. The number of nitrogens with zero attached hydrogens (tertiary/aromatic N) is 1. The number of hydrogen-bond donors (Lipinski definition) is 1. The van der Waals surface area contributed by atoms with Crippen LogP contribution < -0.4 is 5.32 Å². The summed E-state index contributed by atoms with van der Waals surface area (Å²) in [5.41, 5.74) is 1.30. The number of hydrogen-bond acceptors (Lipinski definition) is 3. The predicted octanol–water partition coefficient (Wildman–Crippen LogP) is 3.82. The van der Waals surface area contributed by atoms with Crippen LogP contribution in [0.25, 0.3) is 0 Å². The van der Waals surface area contributed by atoms with Crippen molar-refractivity contribution >= 4 is 11.3 Å². The molecule has 1 atom stereocenters. The van der Waals surface area contributed by atoms with E-state index in [1.54, 1.807) is 0 Å². The van der Waals surface area contributed by atoms with Crippen LogP contribution in [0.3, 0.4) is 0 Å². The van der Waals surface area contributed by atoms with Crippen molar-refractivity contribution in [3.05, 3.63) is 52.5 Å². The zero-order valence-electron chi connectivity index (χ0n) is 10.8. The molecule has 0 saturated heterocycles. The lowest BCUT2D eigenvalue weighted by molar-refractivity contribution is 0.504. The maximum atomic E-state index is 4.14. The van der Waals surface area contributed by atoms with E-state index in [9.17, 15) is 0 Å². The Hall–Kier alpha value is -1.19. The van der Waals surface area contributed by atoms with E-state index < -0.39 is 0 Å². The summed E-state index contributed by atoms with van der Waals surface area (Å²) >= 11 is 1.84. The molecule has 1 N–H and O–H groups in total. The van der Waals surface area contributed by atoms with Crippen molar-refractivity contribution in [2.45, 2.75) is 32.2 Å². The van der Waals surface area contributed by atoms with E-state index in [-0.39, 0.29) is 0 Å². The van der Waals surface area contributed by atoms with Crippen LogP contribution >= 0.6 is 11.3 Å². The summed E-state index contributed by atoms with van der Waals surface area (Å²) in [6.45, 7) is 3.25. The van der Waals surface area contributed by atoms with Crippen LogP contribution in [-0.2, 0) is 6.42 Å². The molecule has 0 spiro atoms. The Bertz CT molecular complexity index is 425. The van der Waals surface area contributed by atoms with Crippen LogP contribution in [0.15, 0.2) is 42.0 Å². The second-order valence-electron chi connectivity index (χ2n) is 4.42. The monoisotopic (exact) mass is 260 g/mol. The van der Waals surface area contributed by atoms with E-state index in [2.05, 4.69) is 40.8 Å². The van der Waals surface area contributed by atoms with Crippen LogP contribution in [0.4, 0.5) is 0 Å². The second-order valence-corrected chi connectivity index (χ2v) is 5.40. The molecule has 96 valence electrons. The highest BCUT2D eigenvalue weighted by molar-refractivity contribution is 7.10. The summed E-state index contributed by atoms with van der Waals surface area (Å²) in [7, 11) is 0. The van der Waals surface area contributed by atoms with Crippen LogP contribution in [0, 0.1) is 0 Å². The standard InChI is InChI=1S/C15H20N2S/c1-2-5-14(15-7-4-11-18-15)17-10-8-13-6-3-9-16-12-13/h3-4,6-7,9,11-12,14,17H,2,5,8,10H2,1H3. The second kappa shape index (κ2) is 7.29. The highest BCUT2D eigenvalue weighted by Gasteiger charge is 2.10. The quantitative estimate of drug-likeness (QED) is 0.818. The molecule has 18 heavy (non-hydrogen) atoms. The minimum Gasteiger partial charge on any atom is -0.309 e. The third-order valence-electron chi connectivity index (χ3n) is 2.99. The molecule has 0 fully saturated rings. The smallest absolute Gasteiger partial charge is 0.0414 e. The molecule has 0 radical (unpaired) electrons. The van der Waals surface area contributed by atoms with E-state index in [1.165, 1.54) is 23.3 Å². The average Bonchev–Trinajstić information content (AvgIpc) is 2.93. The number of thiophene rings is 1. The molecule has 2 aromatic heterocycles. The average molecular weight is 260 g/mol. The molecule has 0 bridgehead atoms. The van der Waals surface area contributed by atoms with E-state index in [0.29, 0.717) is 6.04 Å². The van der Waals surface area contributed by atoms with Gasteiger partial charge in [-0.05, 0) is 42.5 Å². The fraction of sp³-hybridized carbons (Fsp3) is 0.400. The largest absolute Gasteiger partial charge is 0.309 e. The molecular formula is C15H20N2S. The molecule has 2 heterocycles. The van der Waals surface area contributed by atoms with Crippen molar-refractivity contribution in [2.75, 3.05) is 6.54 Å². The van der Waals surface area contributed by atoms with Crippen molar-refractivity contribution in [3.63, 3.8) is 0 Å². The molecule has 0 saturated carbocycles. The van der Waals surface area contributed by atoms with Crippen molar-refractivity contribution in [2.24, 2.45) is 0 Å². The lowest BCUT2D eigenvalue weighted by atomic mass is 10.1. The molecule has 0 aliphatic carbocycles. The molecule has 2 nitrogen and oxygen atoms in total. The van der Waals surface area contributed by atoms with Gasteiger partial charge in [-0.3, -0.25) is 4.98 Å². The van der Waals surface area contributed by atoms with Gasteiger partial charge in [0.25, 0.3) is 0 Å². The number of pyridine rings is 1. The first kappa shape index (κ1) is 13.2. The topological polar surface area (TPSA) is 24.9 Å². The van der Waals surface area contributed by atoms with Crippen molar-refractivity contribution in [1.82, 2.24) is 10.3 Å². The zero-order valence-corrected chi connectivity index (χ0v) is 11.6. The van der Waals surface area contributed by atoms with E-state index in [4.69, 9.17) is 0 Å². The van der Waals surface area contributed by atoms with Gasteiger partial charge in [0.2, 0.25) is 0 Å². The van der Waals surface area contributed by atoms with Crippen LogP contribution in [0.5, 0.6) is 0 Å². The van der Waals surface area contributed by atoms with Crippen molar-refractivity contribution < 1.29 is 0 Å². The van der Waals surface area contributed by atoms with E-state index >= 15 is 0 Å². The maximum absolute atomic E-state index is 4.14. The lowest BCUT2D eigenvalue weighted by Crippen LogP contribution is -2.23. The molecule has 0 aliphatic heterocycles. The zero-order chi connectivity index (χ0) is 12.6. The predicted molar refractivity (Wildman–Crippen MR) is 77.9 cm³/mol. The molecule has 3 heteroatoms. The summed E-state index contributed by atoms with van der Waals surface area (Å²) in [5, 5.41) is 5.81. The summed E-state index contributed by atoms with van der Waals surface area (Å²) in [5.74, 6) is 0. The van der Waals surface area contributed by atoms with Crippen LogP contribution in [-0.4, -0.2) is 11.5 Å². The van der Waals surface area contributed by atoms with Gasteiger partial charge in [-0.15, -0.1) is 11.3 Å². The molecule has 0 amide bonds. The van der Waals surface area contributed by atoms with Gasteiger partial charge < -0.3 is 5.32 Å². The maximum Gasteiger partial charge on any atom is 0.0414 e. The third-order valence-corrected chi connectivity index (χ3v) is 3.98. The Morgan fingerprint density at radius 1 is 1.33 bits per heavy atom. The third kappa shape index (κ3) is 3.93. The Labute approximate surface area is 113 Å². The number of nitrogens with one attached hydrogen (secondary N) is 1. The Morgan fingerprint density at radius 2 is 2.28 bits per heavy atom. The first-order valence-electron chi connectivity index (χ1n) is 6.56. The minimum absolute atomic E-state index is 0.506. The van der Waals surface area contributed by atoms with Crippen molar-refractivity contribution in [1.29, 1.82) is 0 Å². The first-order valence-corrected chi connectivity index (χ1v) is 7.44. The SMILES string of the molecule is CCCC(NCCc1cccnc1)c1cccs1. The number of aromatic nitrogens is 1. The lowest BCUT2D eigenvalue weighted by Gasteiger charge is -2.16. The highest BCUT2D eigenvalue weighted by Crippen LogP contribution is 2.22. The molecule has 0 aromatic carbocycles. The van der Waals surface area contributed by atoms with Gasteiger partial charge in [-0.2, -0.15) is 0 Å². The molecule has 1 unspecified atom stereocenters. The normalized spacial score (nSPS) is 12.5. The first-order chi connectivity index (χ1) is 8.90. The highest BCUT2D eigenvalue weighted by atomic mass is 32.1. The molecule has 2 aromatic rings. The van der Waals surface area contributed by atoms with Gasteiger partial charge in [-0.1, -0.05) is 25.5 Å². The van der Waals surface area contributed by atoms with Crippen LogP contribution in [0.2, 0.25) is 0 Å². The number of rotatable bonds is 7. The fourth-order valence-electron chi connectivity index (χ4n) is 2.06. The van der Waals surface area contributed by atoms with Gasteiger partial charge in [0.15, 0.2) is 0 Å². The molecular weight excluding hydrogens is 240 g/mol. The van der Waals surface area contributed by atoms with Gasteiger partial charge in [0, 0.05) is 23.3 Å². The van der Waals surface area contributed by atoms with E-state index in [1.807, 2.05) is 29.8 Å². The summed E-state index contributed by atoms with van der Waals surface area (Å²) in [6, 6.07) is 8.99. The summed E-state index contributed by atoms with van der Waals surface area (Å²) in [6.07, 6.45) is 7.22. The summed E-state index contributed by atoms with van der Waals surface area (Å²) < 4.78 is 0. The van der Waals surface area contributed by atoms with Gasteiger partial charge in [0.1, 0.15) is 0 Å². The molecule has 0 aliphatic rings. The fourth-order valence-corrected chi connectivity index (χ4v) is 2.90. The summed E-state index contributed by atoms with van der Waals surface area (Å²) in [4.78, 5) is 5.59. The molecule has 2 rings (SSSR count). The van der Waals surface area contributed by atoms with Gasteiger partial charge in [0.05, 0.1) is 0 Å². The van der Waals surface area contributed by atoms with E-state index in [0.717, 1.165) is 13.0 Å².